The van der Waals surface area contributed by atoms with Gasteiger partial charge in [0.2, 0.25) is 0 Å². The molecule has 0 saturated carbocycles. The largest absolute Gasteiger partial charge is 0.0876 e. The highest BCUT2D eigenvalue weighted by Crippen LogP contribution is 2.42. The lowest BCUT2D eigenvalue weighted by atomic mass is 9.72. The van der Waals surface area contributed by atoms with Crippen molar-refractivity contribution < 1.29 is 0 Å². The Morgan fingerprint density at radius 2 is 1.16 bits per heavy atom. The number of benzene rings is 3. The molecule has 124 valence electrons. The second kappa shape index (κ2) is 7.53. The molecule has 0 nitrogen and oxygen atoms in total. The number of hydrogen-bond acceptors (Lipinski definition) is 0. The molecular weight excluding hydrogens is 300 g/mol. The van der Waals surface area contributed by atoms with Crippen molar-refractivity contribution >= 4 is 0 Å². The first-order valence-electron chi connectivity index (χ1n) is 9.23. The van der Waals surface area contributed by atoms with Gasteiger partial charge in [-0.3, -0.25) is 0 Å². The Bertz CT molecular complexity index is 763. The van der Waals surface area contributed by atoms with Crippen LogP contribution in [0.1, 0.15) is 41.4 Å². The maximum absolute atomic E-state index is 2.45. The third kappa shape index (κ3) is 3.58. The molecule has 0 heterocycles. The van der Waals surface area contributed by atoms with Crippen molar-refractivity contribution in [3.05, 3.63) is 120 Å². The molecule has 0 amide bonds. The minimum absolute atomic E-state index is 0.421. The van der Waals surface area contributed by atoms with Crippen LogP contribution in [0.4, 0.5) is 0 Å². The molecule has 1 aliphatic rings. The highest BCUT2D eigenvalue weighted by atomic mass is 14.3. The van der Waals surface area contributed by atoms with Gasteiger partial charge in [-0.1, -0.05) is 103 Å². The Morgan fingerprint density at radius 3 is 1.72 bits per heavy atom. The molecule has 4 rings (SSSR count). The zero-order valence-corrected chi connectivity index (χ0v) is 14.5. The van der Waals surface area contributed by atoms with Gasteiger partial charge in [-0.15, -0.1) is 0 Å². The molecular formula is C25H24. The van der Waals surface area contributed by atoms with E-state index in [-0.39, 0.29) is 0 Å². The summed E-state index contributed by atoms with van der Waals surface area (Å²) in [6, 6.07) is 32.9. The third-order valence-electron chi connectivity index (χ3n) is 5.38. The zero-order chi connectivity index (χ0) is 16.9. The van der Waals surface area contributed by atoms with Gasteiger partial charge in [0.15, 0.2) is 0 Å². The highest BCUT2D eigenvalue weighted by molar-refractivity contribution is 5.35. The summed E-state index contributed by atoms with van der Waals surface area (Å²) in [5.41, 5.74) is 4.30. The van der Waals surface area contributed by atoms with E-state index < -0.39 is 0 Å². The molecule has 2 atom stereocenters. The third-order valence-corrected chi connectivity index (χ3v) is 5.38. The lowest BCUT2D eigenvalue weighted by Crippen LogP contribution is -2.18. The van der Waals surface area contributed by atoms with Gasteiger partial charge in [-0.05, 0) is 41.4 Å². The predicted octanol–water partition coefficient (Wildman–Crippen LogP) is 6.57. The minimum Gasteiger partial charge on any atom is -0.0876 e. The van der Waals surface area contributed by atoms with E-state index in [0.717, 1.165) is 6.42 Å². The standard InChI is InChI=1S/C25H24/c1-4-11-20(12-5-1)23-17-10-18-24(19-23)25(21-13-6-2-7-14-21)22-15-8-3-9-16-22/h1-16,18,23-25H,17,19H2/t23-,24+/m0/s1. The van der Waals surface area contributed by atoms with Gasteiger partial charge in [0.05, 0.1) is 0 Å². The summed E-state index contributed by atoms with van der Waals surface area (Å²) >= 11 is 0. The minimum atomic E-state index is 0.421. The van der Waals surface area contributed by atoms with Crippen molar-refractivity contribution in [3.63, 3.8) is 0 Å². The smallest absolute Gasteiger partial charge is 0.0152 e. The van der Waals surface area contributed by atoms with E-state index >= 15 is 0 Å². The SMILES string of the molecule is C1=C[C@@H](C(c2ccccc2)c2ccccc2)C[C@@H](c2ccccc2)C1. The van der Waals surface area contributed by atoms with Gasteiger partial charge < -0.3 is 0 Å². The zero-order valence-electron chi connectivity index (χ0n) is 14.5. The van der Waals surface area contributed by atoms with Gasteiger partial charge in [0.1, 0.15) is 0 Å². The highest BCUT2D eigenvalue weighted by Gasteiger charge is 2.28. The summed E-state index contributed by atoms with van der Waals surface area (Å²) in [6.07, 6.45) is 7.20. The van der Waals surface area contributed by atoms with E-state index in [2.05, 4.69) is 103 Å². The molecule has 0 radical (unpaired) electrons. The lowest BCUT2D eigenvalue weighted by Gasteiger charge is -2.32. The maximum Gasteiger partial charge on any atom is 0.0152 e. The Kier molecular flexibility index (Phi) is 4.79. The first kappa shape index (κ1) is 15.9. The van der Waals surface area contributed by atoms with E-state index in [1.54, 1.807) is 0 Å². The molecule has 0 aliphatic heterocycles. The van der Waals surface area contributed by atoms with Gasteiger partial charge >= 0.3 is 0 Å². The Labute approximate surface area is 150 Å². The fourth-order valence-electron chi connectivity index (χ4n) is 4.17. The molecule has 0 aromatic heterocycles. The molecule has 0 spiro atoms. The first-order valence-corrected chi connectivity index (χ1v) is 9.23. The molecule has 0 saturated heterocycles. The quantitative estimate of drug-likeness (QED) is 0.476. The van der Waals surface area contributed by atoms with E-state index in [1.807, 2.05) is 0 Å². The van der Waals surface area contributed by atoms with Crippen LogP contribution in [0.3, 0.4) is 0 Å². The molecule has 3 aromatic rings. The van der Waals surface area contributed by atoms with Crippen LogP contribution in [-0.2, 0) is 0 Å². The fourth-order valence-corrected chi connectivity index (χ4v) is 4.17. The predicted molar refractivity (Wildman–Crippen MR) is 106 cm³/mol. The van der Waals surface area contributed by atoms with Gasteiger partial charge in [-0.2, -0.15) is 0 Å². The van der Waals surface area contributed by atoms with Crippen LogP contribution in [0.5, 0.6) is 0 Å². The van der Waals surface area contributed by atoms with Crippen molar-refractivity contribution in [2.75, 3.05) is 0 Å². The van der Waals surface area contributed by atoms with Gasteiger partial charge in [0.25, 0.3) is 0 Å². The normalized spacial score (nSPS) is 19.9. The molecule has 3 aromatic carbocycles. The van der Waals surface area contributed by atoms with Crippen LogP contribution in [-0.4, -0.2) is 0 Å². The van der Waals surface area contributed by atoms with Crippen LogP contribution >= 0.6 is 0 Å². The number of rotatable bonds is 4. The second-order valence-electron chi connectivity index (χ2n) is 6.97. The summed E-state index contributed by atoms with van der Waals surface area (Å²) in [6.45, 7) is 0. The van der Waals surface area contributed by atoms with Crippen LogP contribution in [0.25, 0.3) is 0 Å². The van der Waals surface area contributed by atoms with Crippen LogP contribution in [0, 0.1) is 5.92 Å². The van der Waals surface area contributed by atoms with Crippen LogP contribution in [0.15, 0.2) is 103 Å². The molecule has 25 heavy (non-hydrogen) atoms. The van der Waals surface area contributed by atoms with E-state index in [0.29, 0.717) is 17.8 Å². The molecule has 0 bridgehead atoms. The average Bonchev–Trinajstić information content (AvgIpc) is 2.71. The average molecular weight is 324 g/mol. The van der Waals surface area contributed by atoms with Crippen molar-refractivity contribution in [2.45, 2.75) is 24.7 Å². The van der Waals surface area contributed by atoms with E-state index in [1.165, 1.54) is 23.1 Å². The van der Waals surface area contributed by atoms with E-state index in [9.17, 15) is 0 Å². The Hall–Kier alpha value is -2.60. The molecule has 0 unspecified atom stereocenters. The molecule has 1 aliphatic carbocycles. The summed E-state index contributed by atoms with van der Waals surface area (Å²) in [4.78, 5) is 0. The first-order chi connectivity index (χ1) is 12.4. The van der Waals surface area contributed by atoms with Crippen molar-refractivity contribution in [3.8, 4) is 0 Å². The summed E-state index contributed by atoms with van der Waals surface area (Å²) in [5.74, 6) is 1.57. The summed E-state index contributed by atoms with van der Waals surface area (Å²) in [5, 5.41) is 0. The topological polar surface area (TPSA) is 0 Å². The van der Waals surface area contributed by atoms with Crippen molar-refractivity contribution in [1.29, 1.82) is 0 Å². The number of allylic oxidation sites excluding steroid dienone is 2. The molecule has 0 fully saturated rings. The Balaban J connectivity index is 1.68. The Morgan fingerprint density at radius 1 is 0.640 bits per heavy atom. The van der Waals surface area contributed by atoms with Crippen LogP contribution in [0.2, 0.25) is 0 Å². The molecule has 0 heteroatoms. The maximum atomic E-state index is 2.45. The monoisotopic (exact) mass is 324 g/mol. The summed E-state index contributed by atoms with van der Waals surface area (Å²) in [7, 11) is 0. The van der Waals surface area contributed by atoms with Gasteiger partial charge in [-0.25, -0.2) is 0 Å². The van der Waals surface area contributed by atoms with Crippen molar-refractivity contribution in [2.24, 2.45) is 5.92 Å². The van der Waals surface area contributed by atoms with Crippen LogP contribution < -0.4 is 0 Å². The second-order valence-corrected chi connectivity index (χ2v) is 6.97. The van der Waals surface area contributed by atoms with E-state index in [4.69, 9.17) is 0 Å². The fraction of sp³-hybridized carbons (Fsp3) is 0.200. The lowest BCUT2D eigenvalue weighted by molar-refractivity contribution is 0.446. The summed E-state index contributed by atoms with van der Waals surface area (Å²) < 4.78 is 0. The molecule has 0 N–H and O–H groups in total. The number of hydrogen-bond donors (Lipinski definition) is 0. The van der Waals surface area contributed by atoms with Crippen molar-refractivity contribution in [1.82, 2.24) is 0 Å². The van der Waals surface area contributed by atoms with Gasteiger partial charge in [0, 0.05) is 5.92 Å².